The van der Waals surface area contributed by atoms with Crippen LogP contribution in [0.25, 0.3) is 0 Å². The molecular weight excluding hydrogens is 502 g/mol. The summed E-state index contributed by atoms with van der Waals surface area (Å²) in [7, 11) is 0. The molecule has 10 heteroatoms. The van der Waals surface area contributed by atoms with Crippen molar-refractivity contribution in [3.8, 4) is 17.2 Å². The summed E-state index contributed by atoms with van der Waals surface area (Å²) in [5, 5.41) is 27.3. The maximum absolute atomic E-state index is 10.9. The van der Waals surface area contributed by atoms with Crippen LogP contribution < -0.4 is 16.3 Å². The Morgan fingerprint density at radius 1 is 0.559 bits per heavy atom. The molecule has 3 radical (unpaired) electrons. The molecule has 3 rings (SSSR count). The van der Waals surface area contributed by atoms with Gasteiger partial charge in [-0.2, -0.15) is 0 Å². The maximum atomic E-state index is 10.9. The molecule has 3 N–H and O–H groups in total. The molecule has 0 saturated heterocycles. The molecule has 0 fully saturated rings. The van der Waals surface area contributed by atoms with E-state index in [0.717, 1.165) is 0 Å². The van der Waals surface area contributed by atoms with E-state index in [2.05, 4.69) is 0 Å². The fourth-order valence-electron chi connectivity index (χ4n) is 2.71. The molecule has 3 aromatic heterocycles. The minimum atomic E-state index is -0.370. The largest absolute Gasteiger partial charge is 0.502 e. The van der Waals surface area contributed by atoms with Gasteiger partial charge in [-0.05, 0) is 20.8 Å². The van der Waals surface area contributed by atoms with Gasteiger partial charge in [-0.15, -0.1) is 0 Å². The molecule has 0 bridgehead atoms. The Bertz CT molecular complexity index is 1100. The zero-order valence-electron chi connectivity index (χ0n) is 20.2. The average molecular weight is 532 g/mol. The van der Waals surface area contributed by atoms with Crippen molar-refractivity contribution in [1.82, 2.24) is 0 Å². The van der Waals surface area contributed by atoms with Crippen LogP contribution in [0.3, 0.4) is 0 Å². The average Bonchev–Trinajstić information content (AvgIpc) is 2.76. The number of aryl methyl sites for hydroxylation is 6. The summed E-state index contributed by atoms with van der Waals surface area (Å²) in [6, 6.07) is 3.82. The molecular formula is C24H30GaO9. The van der Waals surface area contributed by atoms with Gasteiger partial charge in [-0.1, -0.05) is 20.8 Å². The van der Waals surface area contributed by atoms with Gasteiger partial charge in [0.05, 0.1) is 0 Å². The second-order valence-electron chi connectivity index (χ2n) is 7.04. The van der Waals surface area contributed by atoms with E-state index in [4.69, 9.17) is 28.6 Å². The van der Waals surface area contributed by atoms with Crippen LogP contribution in [0.2, 0.25) is 0 Å². The van der Waals surface area contributed by atoms with E-state index in [9.17, 15) is 14.4 Å². The van der Waals surface area contributed by atoms with E-state index in [1.807, 2.05) is 20.8 Å². The van der Waals surface area contributed by atoms with Gasteiger partial charge in [0.1, 0.15) is 34.6 Å². The molecule has 0 amide bonds. The minimum absolute atomic E-state index is 0. The van der Waals surface area contributed by atoms with E-state index in [1.54, 1.807) is 20.8 Å². The van der Waals surface area contributed by atoms with Crippen molar-refractivity contribution in [2.75, 3.05) is 0 Å². The van der Waals surface area contributed by atoms with Gasteiger partial charge in [-0.3, -0.25) is 14.4 Å². The Kier molecular flexibility index (Phi) is 12.9. The van der Waals surface area contributed by atoms with Crippen molar-refractivity contribution in [1.29, 1.82) is 0 Å². The molecule has 0 unspecified atom stereocenters. The van der Waals surface area contributed by atoms with Crippen molar-refractivity contribution in [3.63, 3.8) is 0 Å². The van der Waals surface area contributed by atoms with Crippen LogP contribution in [-0.2, 0) is 19.3 Å². The summed E-state index contributed by atoms with van der Waals surface area (Å²) >= 11 is 0. The van der Waals surface area contributed by atoms with E-state index < -0.39 is 0 Å². The fraction of sp³-hybridized carbons (Fsp3) is 0.375. The summed E-state index contributed by atoms with van der Waals surface area (Å²) in [6.07, 6.45) is 1.59. The summed E-state index contributed by atoms with van der Waals surface area (Å²) in [5.74, 6) is 1.87. The normalized spacial score (nSPS) is 9.71. The second-order valence-corrected chi connectivity index (χ2v) is 7.04. The minimum Gasteiger partial charge on any atom is -0.502 e. The Morgan fingerprint density at radius 2 is 0.765 bits per heavy atom. The number of hydrogen-bond donors (Lipinski definition) is 3. The Labute approximate surface area is 209 Å². The first kappa shape index (κ1) is 30.9. The van der Waals surface area contributed by atoms with Crippen molar-refractivity contribution in [2.45, 2.75) is 60.8 Å². The van der Waals surface area contributed by atoms with Crippen LogP contribution in [0.1, 0.15) is 55.3 Å². The summed E-state index contributed by atoms with van der Waals surface area (Å²) < 4.78 is 15.3. The Balaban J connectivity index is 0.000000473. The monoisotopic (exact) mass is 531 g/mol. The van der Waals surface area contributed by atoms with Gasteiger partial charge in [0.15, 0.2) is 0 Å². The van der Waals surface area contributed by atoms with Gasteiger partial charge in [0.2, 0.25) is 33.5 Å². The van der Waals surface area contributed by atoms with E-state index in [0.29, 0.717) is 53.8 Å². The molecule has 0 aliphatic heterocycles. The first-order valence-electron chi connectivity index (χ1n) is 10.4. The molecule has 0 aliphatic carbocycles. The van der Waals surface area contributed by atoms with Gasteiger partial charge in [0.25, 0.3) is 0 Å². The molecule has 0 atom stereocenters. The Morgan fingerprint density at radius 3 is 0.941 bits per heavy atom. The molecule has 183 valence electrons. The fourth-order valence-corrected chi connectivity index (χ4v) is 2.71. The predicted octanol–water partition coefficient (Wildman–Crippen LogP) is 3.27. The smallest absolute Gasteiger partial charge is 0.227 e. The van der Waals surface area contributed by atoms with Crippen molar-refractivity contribution >= 4 is 19.8 Å². The van der Waals surface area contributed by atoms with E-state index in [-0.39, 0.29) is 53.3 Å². The number of hydrogen-bond acceptors (Lipinski definition) is 9. The molecule has 0 spiro atoms. The standard InChI is InChI=1S/3C8H10O3.Ga/c3*1-3-7-8(10)6(9)4-5(2)11-7;/h3*4,10H,3H2,1-2H3;. The molecule has 0 saturated carbocycles. The summed E-state index contributed by atoms with van der Waals surface area (Å²) in [4.78, 5) is 32.7. The third-order valence-corrected chi connectivity index (χ3v) is 4.31. The number of rotatable bonds is 3. The van der Waals surface area contributed by atoms with E-state index >= 15 is 0 Å². The SMILES string of the molecule is CCc1oc(C)cc(=O)c1O.CCc1oc(C)cc(=O)c1O.CCc1oc(C)cc(=O)c1O.[Ga]. The van der Waals surface area contributed by atoms with Crippen LogP contribution in [0, 0.1) is 20.8 Å². The van der Waals surface area contributed by atoms with Crippen LogP contribution in [0.5, 0.6) is 17.2 Å². The molecule has 0 aliphatic rings. The number of aromatic hydroxyl groups is 3. The first-order chi connectivity index (χ1) is 15.4. The molecule has 3 heterocycles. The molecule has 0 aromatic carbocycles. The van der Waals surface area contributed by atoms with E-state index in [1.165, 1.54) is 18.2 Å². The van der Waals surface area contributed by atoms with Crippen LogP contribution in [0.4, 0.5) is 0 Å². The van der Waals surface area contributed by atoms with Crippen LogP contribution in [0.15, 0.2) is 45.8 Å². The maximum Gasteiger partial charge on any atom is 0.227 e. The van der Waals surface area contributed by atoms with Crippen LogP contribution >= 0.6 is 0 Å². The molecule has 34 heavy (non-hydrogen) atoms. The van der Waals surface area contributed by atoms with Gasteiger partial charge in [-0.25, -0.2) is 0 Å². The summed E-state index contributed by atoms with van der Waals surface area (Å²) in [5.41, 5.74) is -1.11. The third-order valence-electron chi connectivity index (χ3n) is 4.31. The van der Waals surface area contributed by atoms with Gasteiger partial charge < -0.3 is 28.6 Å². The van der Waals surface area contributed by atoms with Crippen molar-refractivity contribution in [2.24, 2.45) is 0 Å². The zero-order valence-corrected chi connectivity index (χ0v) is 22.6. The van der Waals surface area contributed by atoms with Gasteiger partial charge in [0, 0.05) is 57.3 Å². The quantitative estimate of drug-likeness (QED) is 0.432. The van der Waals surface area contributed by atoms with Gasteiger partial charge >= 0.3 is 0 Å². The van der Waals surface area contributed by atoms with Crippen molar-refractivity contribution in [3.05, 3.63) is 83.4 Å². The molecule has 3 aromatic rings. The first-order valence-corrected chi connectivity index (χ1v) is 10.4. The third kappa shape index (κ3) is 8.68. The topological polar surface area (TPSA) is 151 Å². The zero-order chi connectivity index (χ0) is 25.3. The van der Waals surface area contributed by atoms with Crippen molar-refractivity contribution < 1.29 is 28.6 Å². The summed E-state index contributed by atoms with van der Waals surface area (Å²) in [6.45, 7) is 10.5. The Hall–Kier alpha value is -3.11. The molecule has 9 nitrogen and oxygen atoms in total. The predicted molar refractivity (Wildman–Crippen MR) is 128 cm³/mol. The second kappa shape index (κ2) is 14.2. The van der Waals surface area contributed by atoms with Crippen LogP contribution in [-0.4, -0.2) is 35.1 Å².